The predicted octanol–water partition coefficient (Wildman–Crippen LogP) is 8.50. The first kappa shape index (κ1) is 28.9. The van der Waals surface area contributed by atoms with Crippen molar-refractivity contribution in [1.29, 1.82) is 0 Å². The summed E-state index contributed by atoms with van der Waals surface area (Å²) in [5.74, 6) is 0.755. The van der Waals surface area contributed by atoms with E-state index in [1.165, 1.54) is 55.3 Å². The van der Waals surface area contributed by atoms with Crippen LogP contribution in [0.2, 0.25) is 0 Å². The normalized spacial score (nSPS) is 22.8. The molecule has 4 nitrogen and oxygen atoms in total. The number of carbonyl (C=O) groups is 1. The first-order valence-corrected chi connectivity index (χ1v) is 16.7. The topological polar surface area (TPSA) is 35.6 Å². The van der Waals surface area contributed by atoms with Crippen molar-refractivity contribution < 1.29 is 4.79 Å². The van der Waals surface area contributed by atoms with Gasteiger partial charge in [-0.05, 0) is 85.2 Å². The van der Waals surface area contributed by atoms with E-state index in [1.807, 2.05) is 11.9 Å². The number of carbonyl (C=O) groups excluding carboxylic acids is 1. The van der Waals surface area contributed by atoms with Crippen LogP contribution in [0, 0.1) is 5.92 Å². The van der Waals surface area contributed by atoms with Crippen LogP contribution in [0.1, 0.15) is 84.8 Å². The number of fused-ring (bicyclic) bond motifs is 5. The second kappa shape index (κ2) is 12.6. The molecular formula is C40H45N3O. The first-order valence-electron chi connectivity index (χ1n) is 16.7. The quantitative estimate of drug-likeness (QED) is 0.201. The molecule has 2 unspecified atom stereocenters. The van der Waals surface area contributed by atoms with Crippen LogP contribution in [0.5, 0.6) is 0 Å². The Bertz CT molecular complexity index is 1400. The van der Waals surface area contributed by atoms with Gasteiger partial charge in [-0.25, -0.2) is 4.79 Å². The number of benzene rings is 4. The van der Waals surface area contributed by atoms with Crippen molar-refractivity contribution in [1.82, 2.24) is 15.1 Å². The Kier molecular flexibility index (Phi) is 8.27. The summed E-state index contributed by atoms with van der Waals surface area (Å²) in [7, 11) is 1.95. The summed E-state index contributed by atoms with van der Waals surface area (Å²) in [6.07, 6.45) is 8.44. The van der Waals surface area contributed by atoms with Gasteiger partial charge in [-0.3, -0.25) is 4.90 Å². The molecule has 44 heavy (non-hydrogen) atoms. The number of hydrogen-bond acceptors (Lipinski definition) is 2. The van der Waals surface area contributed by atoms with Gasteiger partial charge in [-0.15, -0.1) is 0 Å². The van der Waals surface area contributed by atoms with E-state index in [2.05, 4.69) is 125 Å². The summed E-state index contributed by atoms with van der Waals surface area (Å²) >= 11 is 0. The van der Waals surface area contributed by atoms with E-state index in [0.29, 0.717) is 18.6 Å². The van der Waals surface area contributed by atoms with Gasteiger partial charge in [0, 0.05) is 31.7 Å². The van der Waals surface area contributed by atoms with E-state index in [4.69, 9.17) is 0 Å². The zero-order valence-corrected chi connectivity index (χ0v) is 25.9. The maximum absolute atomic E-state index is 13.8. The predicted molar refractivity (Wildman–Crippen MR) is 179 cm³/mol. The van der Waals surface area contributed by atoms with Crippen molar-refractivity contribution in [3.8, 4) is 0 Å². The molecule has 4 aromatic rings. The molecule has 1 N–H and O–H groups in total. The SMILES string of the molecule is CN(CC(c1ccccc1)(c1ccccc1)c1ccccc1)C(=O)NC1CCC(CCN2C3CCC2c2ccccc23)CC1. The molecule has 1 saturated carbocycles. The van der Waals surface area contributed by atoms with Crippen molar-refractivity contribution in [2.24, 2.45) is 5.92 Å². The molecule has 0 aromatic heterocycles. The fraction of sp³-hybridized carbons (Fsp3) is 0.375. The molecule has 4 aromatic carbocycles. The van der Waals surface area contributed by atoms with Crippen LogP contribution in [-0.4, -0.2) is 42.0 Å². The average Bonchev–Trinajstić information content (AvgIpc) is 3.64. The molecule has 2 atom stereocenters. The lowest BCUT2D eigenvalue weighted by Crippen LogP contribution is -2.50. The van der Waals surface area contributed by atoms with Gasteiger partial charge in [0.2, 0.25) is 0 Å². The zero-order chi connectivity index (χ0) is 29.9. The standard InChI is InChI=1S/C40H45N3O/c1-42(29-40(31-13-5-2-6-14-31,32-15-7-3-8-16-32)33-17-9-4-10-18-33)39(44)41-34-23-21-30(22-24-34)27-28-43-37-25-26-38(43)36-20-12-11-19-35(36)37/h2-20,30,34,37-38H,21-29H2,1H3,(H,41,44). The van der Waals surface area contributed by atoms with Gasteiger partial charge in [-0.1, -0.05) is 115 Å². The van der Waals surface area contributed by atoms with Gasteiger partial charge in [0.15, 0.2) is 0 Å². The van der Waals surface area contributed by atoms with Crippen LogP contribution in [0.25, 0.3) is 0 Å². The molecule has 1 saturated heterocycles. The molecule has 2 bridgehead atoms. The molecule has 2 amide bonds. The van der Waals surface area contributed by atoms with Gasteiger partial charge >= 0.3 is 6.03 Å². The van der Waals surface area contributed by atoms with Crippen molar-refractivity contribution in [3.05, 3.63) is 143 Å². The highest BCUT2D eigenvalue weighted by Gasteiger charge is 2.43. The molecule has 1 aliphatic carbocycles. The van der Waals surface area contributed by atoms with Gasteiger partial charge in [-0.2, -0.15) is 0 Å². The molecule has 3 aliphatic rings. The second-order valence-electron chi connectivity index (χ2n) is 13.3. The van der Waals surface area contributed by atoms with Gasteiger partial charge < -0.3 is 10.2 Å². The highest BCUT2D eigenvalue weighted by atomic mass is 16.2. The third kappa shape index (κ3) is 5.45. The molecule has 0 spiro atoms. The van der Waals surface area contributed by atoms with E-state index in [9.17, 15) is 4.79 Å². The summed E-state index contributed by atoms with van der Waals surface area (Å²) < 4.78 is 0. The van der Waals surface area contributed by atoms with Crippen molar-refractivity contribution >= 4 is 6.03 Å². The third-order valence-electron chi connectivity index (χ3n) is 10.8. The highest BCUT2D eigenvalue weighted by molar-refractivity contribution is 5.75. The fourth-order valence-corrected chi connectivity index (χ4v) is 8.54. The molecule has 2 fully saturated rings. The van der Waals surface area contributed by atoms with Crippen LogP contribution in [0.4, 0.5) is 4.79 Å². The molecular weight excluding hydrogens is 538 g/mol. The maximum Gasteiger partial charge on any atom is 0.317 e. The van der Waals surface area contributed by atoms with Crippen LogP contribution in [0.3, 0.4) is 0 Å². The fourth-order valence-electron chi connectivity index (χ4n) is 8.54. The van der Waals surface area contributed by atoms with Gasteiger partial charge in [0.1, 0.15) is 0 Å². The van der Waals surface area contributed by atoms with E-state index in [1.54, 1.807) is 11.1 Å². The summed E-state index contributed by atoms with van der Waals surface area (Å²) in [6.45, 7) is 1.75. The van der Waals surface area contributed by atoms with E-state index >= 15 is 0 Å². The lowest BCUT2D eigenvalue weighted by atomic mass is 9.69. The summed E-state index contributed by atoms with van der Waals surface area (Å²) in [5.41, 5.74) is 6.24. The van der Waals surface area contributed by atoms with Crippen molar-refractivity contribution in [2.45, 2.75) is 68.5 Å². The monoisotopic (exact) mass is 583 g/mol. The Labute approximate surface area is 263 Å². The summed E-state index contributed by atoms with van der Waals surface area (Å²) in [4.78, 5) is 18.4. The number of amides is 2. The molecule has 2 aliphatic heterocycles. The number of nitrogens with zero attached hydrogens (tertiary/aromatic N) is 2. The minimum Gasteiger partial charge on any atom is -0.335 e. The Morgan fingerprint density at radius 1 is 0.682 bits per heavy atom. The number of urea groups is 1. The largest absolute Gasteiger partial charge is 0.335 e. The Morgan fingerprint density at radius 2 is 1.14 bits per heavy atom. The maximum atomic E-state index is 13.8. The van der Waals surface area contributed by atoms with Crippen LogP contribution >= 0.6 is 0 Å². The van der Waals surface area contributed by atoms with E-state index in [0.717, 1.165) is 18.8 Å². The number of likely N-dealkylation sites (N-methyl/N-ethyl adjacent to an activating group) is 1. The van der Waals surface area contributed by atoms with Crippen LogP contribution in [-0.2, 0) is 5.41 Å². The molecule has 226 valence electrons. The van der Waals surface area contributed by atoms with E-state index < -0.39 is 5.41 Å². The lowest BCUT2D eigenvalue weighted by molar-refractivity contribution is 0.177. The van der Waals surface area contributed by atoms with Gasteiger partial charge in [0.05, 0.1) is 5.41 Å². The summed E-state index contributed by atoms with van der Waals surface area (Å²) in [5, 5.41) is 3.43. The minimum absolute atomic E-state index is 0.0204. The first-order chi connectivity index (χ1) is 21.6. The molecule has 2 heterocycles. The number of hydrogen-bond donors (Lipinski definition) is 1. The average molecular weight is 584 g/mol. The zero-order valence-electron chi connectivity index (χ0n) is 25.9. The van der Waals surface area contributed by atoms with Crippen molar-refractivity contribution in [2.75, 3.05) is 20.1 Å². The highest BCUT2D eigenvalue weighted by Crippen LogP contribution is 2.53. The summed E-state index contributed by atoms with van der Waals surface area (Å²) in [6, 6.07) is 42.6. The number of nitrogens with one attached hydrogen (secondary N) is 1. The minimum atomic E-state index is -0.484. The Balaban J connectivity index is 0.991. The van der Waals surface area contributed by atoms with Crippen LogP contribution < -0.4 is 5.32 Å². The second-order valence-corrected chi connectivity index (χ2v) is 13.3. The molecule has 4 heteroatoms. The van der Waals surface area contributed by atoms with Gasteiger partial charge in [0.25, 0.3) is 0 Å². The molecule has 7 rings (SSSR count). The Hall–Kier alpha value is -3.89. The Morgan fingerprint density at radius 3 is 1.61 bits per heavy atom. The van der Waals surface area contributed by atoms with Crippen LogP contribution in [0.15, 0.2) is 115 Å². The molecule has 0 radical (unpaired) electrons. The van der Waals surface area contributed by atoms with E-state index in [-0.39, 0.29) is 12.1 Å². The number of rotatable bonds is 9. The lowest BCUT2D eigenvalue weighted by Gasteiger charge is -2.39. The van der Waals surface area contributed by atoms with Crippen molar-refractivity contribution in [3.63, 3.8) is 0 Å². The third-order valence-corrected chi connectivity index (χ3v) is 10.8. The smallest absolute Gasteiger partial charge is 0.317 e.